The van der Waals surface area contributed by atoms with E-state index in [4.69, 9.17) is 0 Å². The van der Waals surface area contributed by atoms with Gasteiger partial charge in [0.2, 0.25) is 0 Å². The molecular weight excluding hydrogens is 260 g/mol. The SMILES string of the molecule is CC(C)CC(O)CNC(=O)c1ccc2ncsc2c1. The van der Waals surface area contributed by atoms with Gasteiger partial charge in [0, 0.05) is 12.1 Å². The number of benzene rings is 1. The van der Waals surface area contributed by atoms with E-state index >= 15 is 0 Å². The summed E-state index contributed by atoms with van der Waals surface area (Å²) in [6.07, 6.45) is 0.199. The van der Waals surface area contributed by atoms with Gasteiger partial charge in [-0.3, -0.25) is 4.79 Å². The Balaban J connectivity index is 1.95. The number of fused-ring (bicyclic) bond motifs is 1. The van der Waals surface area contributed by atoms with E-state index in [9.17, 15) is 9.90 Å². The lowest BCUT2D eigenvalue weighted by Gasteiger charge is -2.13. The molecule has 0 fully saturated rings. The molecule has 0 aliphatic heterocycles. The molecule has 0 aliphatic rings. The van der Waals surface area contributed by atoms with Gasteiger partial charge in [-0.05, 0) is 30.5 Å². The zero-order valence-corrected chi connectivity index (χ0v) is 11.9. The topological polar surface area (TPSA) is 62.2 Å². The third-order valence-electron chi connectivity index (χ3n) is 2.84. The summed E-state index contributed by atoms with van der Waals surface area (Å²) < 4.78 is 0.996. The highest BCUT2D eigenvalue weighted by Crippen LogP contribution is 2.19. The van der Waals surface area contributed by atoms with Crippen molar-refractivity contribution in [3.8, 4) is 0 Å². The van der Waals surface area contributed by atoms with Crippen molar-refractivity contribution in [2.75, 3.05) is 6.54 Å². The summed E-state index contributed by atoms with van der Waals surface area (Å²) in [6.45, 7) is 4.38. The van der Waals surface area contributed by atoms with E-state index in [2.05, 4.69) is 10.3 Å². The van der Waals surface area contributed by atoms with Crippen LogP contribution in [0.15, 0.2) is 23.7 Å². The summed E-state index contributed by atoms with van der Waals surface area (Å²) >= 11 is 1.51. The first kappa shape index (κ1) is 14.0. The van der Waals surface area contributed by atoms with Gasteiger partial charge in [-0.25, -0.2) is 4.98 Å². The number of carbonyl (C=O) groups is 1. The number of aromatic nitrogens is 1. The highest BCUT2D eigenvalue weighted by Gasteiger charge is 2.11. The number of nitrogens with zero attached hydrogens (tertiary/aromatic N) is 1. The van der Waals surface area contributed by atoms with Crippen molar-refractivity contribution in [1.29, 1.82) is 0 Å². The molecule has 102 valence electrons. The minimum absolute atomic E-state index is 0.155. The van der Waals surface area contributed by atoms with E-state index in [0.29, 0.717) is 17.9 Å². The Morgan fingerprint density at radius 2 is 2.26 bits per heavy atom. The smallest absolute Gasteiger partial charge is 0.251 e. The molecule has 1 amide bonds. The predicted molar refractivity (Wildman–Crippen MR) is 77.4 cm³/mol. The monoisotopic (exact) mass is 278 g/mol. The van der Waals surface area contributed by atoms with E-state index in [0.717, 1.165) is 10.2 Å². The standard InChI is InChI=1S/C14H18N2O2S/c1-9(2)5-11(17)7-15-14(18)10-3-4-12-13(6-10)19-8-16-12/h3-4,6,8-9,11,17H,5,7H2,1-2H3,(H,15,18). The Morgan fingerprint density at radius 1 is 1.47 bits per heavy atom. The molecule has 1 atom stereocenters. The second-order valence-corrected chi connectivity index (χ2v) is 5.91. The molecular formula is C14H18N2O2S. The second-order valence-electron chi connectivity index (χ2n) is 5.03. The molecule has 2 rings (SSSR count). The van der Waals surface area contributed by atoms with Crippen LogP contribution in [0.1, 0.15) is 30.6 Å². The summed E-state index contributed by atoms with van der Waals surface area (Å²) in [7, 11) is 0. The number of nitrogens with one attached hydrogen (secondary N) is 1. The van der Waals surface area contributed by atoms with Gasteiger partial charge in [-0.1, -0.05) is 13.8 Å². The average Bonchev–Trinajstić information content (AvgIpc) is 2.82. The molecule has 0 spiro atoms. The van der Waals surface area contributed by atoms with Gasteiger partial charge in [0.05, 0.1) is 21.8 Å². The number of hydrogen-bond acceptors (Lipinski definition) is 4. The molecule has 1 heterocycles. The summed E-state index contributed by atoms with van der Waals surface area (Å²) in [5.41, 5.74) is 3.27. The summed E-state index contributed by atoms with van der Waals surface area (Å²) in [4.78, 5) is 16.1. The van der Waals surface area contributed by atoms with Crippen molar-refractivity contribution >= 4 is 27.5 Å². The summed E-state index contributed by atoms with van der Waals surface area (Å²) in [6, 6.07) is 5.43. The van der Waals surface area contributed by atoms with E-state index in [1.54, 1.807) is 11.6 Å². The van der Waals surface area contributed by atoms with Gasteiger partial charge < -0.3 is 10.4 Å². The number of carbonyl (C=O) groups excluding carboxylic acids is 1. The average molecular weight is 278 g/mol. The molecule has 0 aliphatic carbocycles. The maximum atomic E-state index is 12.0. The molecule has 2 N–H and O–H groups in total. The molecule has 0 saturated carbocycles. The maximum Gasteiger partial charge on any atom is 0.251 e. The first-order valence-corrected chi connectivity index (χ1v) is 7.23. The highest BCUT2D eigenvalue weighted by atomic mass is 32.1. The minimum Gasteiger partial charge on any atom is -0.391 e. The molecule has 19 heavy (non-hydrogen) atoms. The van der Waals surface area contributed by atoms with Crippen LogP contribution in [0, 0.1) is 5.92 Å². The molecule has 2 aromatic rings. The molecule has 0 saturated heterocycles. The van der Waals surface area contributed by atoms with Crippen molar-refractivity contribution in [2.45, 2.75) is 26.4 Å². The molecule has 0 radical (unpaired) electrons. The van der Waals surface area contributed by atoms with Gasteiger partial charge >= 0.3 is 0 Å². The Labute approximate surface area is 116 Å². The lowest BCUT2D eigenvalue weighted by Crippen LogP contribution is -2.32. The highest BCUT2D eigenvalue weighted by molar-refractivity contribution is 7.16. The fourth-order valence-corrected chi connectivity index (χ4v) is 2.65. The van der Waals surface area contributed by atoms with Crippen molar-refractivity contribution in [1.82, 2.24) is 10.3 Å². The minimum atomic E-state index is -0.490. The zero-order valence-electron chi connectivity index (χ0n) is 11.1. The fraction of sp³-hybridized carbons (Fsp3) is 0.429. The van der Waals surface area contributed by atoms with Gasteiger partial charge in [-0.15, -0.1) is 11.3 Å². The van der Waals surface area contributed by atoms with E-state index in [1.807, 2.05) is 26.0 Å². The second kappa shape index (κ2) is 6.12. The first-order chi connectivity index (χ1) is 9.06. The molecule has 1 aromatic carbocycles. The van der Waals surface area contributed by atoms with Crippen LogP contribution in [-0.2, 0) is 0 Å². The molecule has 1 unspecified atom stereocenters. The fourth-order valence-electron chi connectivity index (χ4n) is 1.94. The van der Waals surface area contributed by atoms with Crippen LogP contribution in [0.3, 0.4) is 0 Å². The van der Waals surface area contributed by atoms with Crippen molar-refractivity contribution in [3.05, 3.63) is 29.3 Å². The molecule has 4 nitrogen and oxygen atoms in total. The number of thiazole rings is 1. The van der Waals surface area contributed by atoms with Crippen LogP contribution in [0.25, 0.3) is 10.2 Å². The normalized spacial score (nSPS) is 12.8. The van der Waals surface area contributed by atoms with Crippen LogP contribution in [0.2, 0.25) is 0 Å². The third-order valence-corrected chi connectivity index (χ3v) is 3.63. The Bertz CT molecular complexity index is 565. The molecule has 0 bridgehead atoms. The largest absolute Gasteiger partial charge is 0.391 e. The molecule has 5 heteroatoms. The predicted octanol–water partition coefficient (Wildman–Crippen LogP) is 2.43. The van der Waals surface area contributed by atoms with E-state index < -0.39 is 6.10 Å². The van der Waals surface area contributed by atoms with Crippen LogP contribution < -0.4 is 5.32 Å². The van der Waals surface area contributed by atoms with Crippen molar-refractivity contribution in [3.63, 3.8) is 0 Å². The first-order valence-electron chi connectivity index (χ1n) is 6.35. The lowest BCUT2D eigenvalue weighted by molar-refractivity contribution is 0.0900. The van der Waals surface area contributed by atoms with Gasteiger partial charge in [0.25, 0.3) is 5.91 Å². The Hall–Kier alpha value is -1.46. The van der Waals surface area contributed by atoms with Crippen molar-refractivity contribution < 1.29 is 9.90 Å². The van der Waals surface area contributed by atoms with Gasteiger partial charge in [0.1, 0.15) is 0 Å². The van der Waals surface area contributed by atoms with E-state index in [-0.39, 0.29) is 12.5 Å². The van der Waals surface area contributed by atoms with Crippen LogP contribution >= 0.6 is 11.3 Å². The van der Waals surface area contributed by atoms with Crippen LogP contribution in [0.4, 0.5) is 0 Å². The number of rotatable bonds is 5. The van der Waals surface area contributed by atoms with Crippen molar-refractivity contribution in [2.24, 2.45) is 5.92 Å². The van der Waals surface area contributed by atoms with E-state index in [1.165, 1.54) is 11.3 Å². The Kier molecular flexibility index (Phi) is 4.50. The third kappa shape index (κ3) is 3.75. The zero-order chi connectivity index (χ0) is 13.8. The quantitative estimate of drug-likeness (QED) is 0.883. The van der Waals surface area contributed by atoms with Crippen LogP contribution in [0.5, 0.6) is 0 Å². The number of amides is 1. The number of aliphatic hydroxyl groups excluding tert-OH is 1. The summed E-state index contributed by atoms with van der Waals surface area (Å²) in [5, 5.41) is 12.5. The summed E-state index contributed by atoms with van der Waals surface area (Å²) in [5.74, 6) is 0.263. The van der Waals surface area contributed by atoms with Gasteiger partial charge in [-0.2, -0.15) is 0 Å². The molecule has 1 aromatic heterocycles. The number of hydrogen-bond donors (Lipinski definition) is 2. The Morgan fingerprint density at radius 3 is 3.00 bits per heavy atom. The number of aliphatic hydroxyl groups is 1. The lowest BCUT2D eigenvalue weighted by atomic mass is 10.1. The van der Waals surface area contributed by atoms with Gasteiger partial charge in [0.15, 0.2) is 0 Å². The van der Waals surface area contributed by atoms with Crippen LogP contribution in [-0.4, -0.2) is 28.6 Å². The maximum absolute atomic E-state index is 12.0.